The SMILES string of the molecule is O=CN(c1nc(Nc2ccc(N3CCNCC3)nc2)ncc1C[C@@H]1CCNC1=O)C1CCCC1. The molecule has 34 heavy (non-hydrogen) atoms. The van der Waals surface area contributed by atoms with Crippen molar-refractivity contribution in [1.82, 2.24) is 25.6 Å². The molecule has 3 N–H and O–H groups in total. The lowest BCUT2D eigenvalue weighted by atomic mass is 9.99. The number of amides is 2. The fraction of sp³-hybridized carbons (Fsp3) is 0.542. The second kappa shape index (κ2) is 10.3. The van der Waals surface area contributed by atoms with E-state index in [1.807, 2.05) is 12.1 Å². The molecule has 10 nitrogen and oxygen atoms in total. The predicted octanol–water partition coefficient (Wildman–Crippen LogP) is 1.61. The van der Waals surface area contributed by atoms with E-state index in [2.05, 4.69) is 30.8 Å². The Hall–Kier alpha value is -3.27. The van der Waals surface area contributed by atoms with Crippen LogP contribution in [0, 0.1) is 5.92 Å². The first-order valence-corrected chi connectivity index (χ1v) is 12.3. The van der Waals surface area contributed by atoms with E-state index in [4.69, 9.17) is 4.98 Å². The second-order valence-corrected chi connectivity index (χ2v) is 9.24. The van der Waals surface area contributed by atoms with Crippen molar-refractivity contribution in [3.05, 3.63) is 30.1 Å². The standard InChI is InChI=1S/C24H32N8O2/c33-16-32(20-3-1-2-4-20)22-18(13-17-7-8-26-23(17)34)14-28-24(30-22)29-19-5-6-21(27-15-19)31-11-9-25-10-12-31/h5-6,14-17,20,25H,1-4,7-13H2,(H,26,34)(H,28,29,30)/t17-/m0/s1. The van der Waals surface area contributed by atoms with Crippen molar-refractivity contribution in [2.75, 3.05) is 47.8 Å². The van der Waals surface area contributed by atoms with Crippen LogP contribution >= 0.6 is 0 Å². The van der Waals surface area contributed by atoms with Crippen molar-refractivity contribution < 1.29 is 9.59 Å². The third-order valence-electron chi connectivity index (χ3n) is 6.99. The number of piperazine rings is 1. The first-order valence-electron chi connectivity index (χ1n) is 12.3. The Kier molecular flexibility index (Phi) is 6.84. The summed E-state index contributed by atoms with van der Waals surface area (Å²) in [7, 11) is 0. The summed E-state index contributed by atoms with van der Waals surface area (Å²) in [6, 6.07) is 4.10. The van der Waals surface area contributed by atoms with Crippen LogP contribution in [-0.2, 0) is 16.0 Å². The summed E-state index contributed by atoms with van der Waals surface area (Å²) in [6.45, 7) is 4.49. The van der Waals surface area contributed by atoms with Crippen LogP contribution in [0.4, 0.5) is 23.3 Å². The van der Waals surface area contributed by atoms with Crippen molar-refractivity contribution in [2.45, 2.75) is 44.6 Å². The number of aromatic nitrogens is 3. The molecule has 2 aromatic heterocycles. The van der Waals surface area contributed by atoms with Crippen LogP contribution in [-0.4, -0.2) is 66.0 Å². The van der Waals surface area contributed by atoms with Crippen molar-refractivity contribution in [2.24, 2.45) is 5.92 Å². The zero-order valence-corrected chi connectivity index (χ0v) is 19.4. The molecule has 1 saturated carbocycles. The summed E-state index contributed by atoms with van der Waals surface area (Å²) >= 11 is 0. The Balaban J connectivity index is 1.37. The van der Waals surface area contributed by atoms with Gasteiger partial charge in [0.2, 0.25) is 18.3 Å². The zero-order chi connectivity index (χ0) is 23.3. The molecule has 1 aliphatic carbocycles. The summed E-state index contributed by atoms with van der Waals surface area (Å²) in [5, 5.41) is 9.47. The number of nitrogens with one attached hydrogen (secondary N) is 3. The average Bonchev–Trinajstić information content (AvgIpc) is 3.54. The Bertz CT molecular complexity index is 1000. The maximum Gasteiger partial charge on any atom is 0.229 e. The Labute approximate surface area is 199 Å². The molecule has 0 unspecified atom stereocenters. The highest BCUT2D eigenvalue weighted by molar-refractivity contribution is 5.82. The number of anilines is 4. The number of nitrogens with zero attached hydrogens (tertiary/aromatic N) is 5. The normalized spacial score (nSPS) is 20.9. The van der Waals surface area contributed by atoms with E-state index < -0.39 is 0 Å². The minimum absolute atomic E-state index is 0.0577. The fourth-order valence-corrected chi connectivity index (χ4v) is 5.09. The summed E-state index contributed by atoms with van der Waals surface area (Å²) < 4.78 is 0. The molecular weight excluding hydrogens is 432 g/mol. The number of hydrogen-bond acceptors (Lipinski definition) is 8. The van der Waals surface area contributed by atoms with E-state index in [1.54, 1.807) is 17.3 Å². The maximum absolute atomic E-state index is 12.2. The van der Waals surface area contributed by atoms with Gasteiger partial charge in [0.25, 0.3) is 0 Å². The topological polar surface area (TPSA) is 115 Å². The van der Waals surface area contributed by atoms with Gasteiger partial charge in [-0.3, -0.25) is 14.5 Å². The molecular formula is C24H32N8O2. The molecule has 0 spiro atoms. The minimum Gasteiger partial charge on any atom is -0.356 e. The fourth-order valence-electron chi connectivity index (χ4n) is 5.09. The average molecular weight is 465 g/mol. The van der Waals surface area contributed by atoms with Crippen LogP contribution < -0.4 is 25.8 Å². The minimum atomic E-state index is -0.111. The van der Waals surface area contributed by atoms with Crippen LogP contribution in [0.2, 0.25) is 0 Å². The molecule has 3 fully saturated rings. The lowest BCUT2D eigenvalue weighted by Crippen LogP contribution is -2.43. The van der Waals surface area contributed by atoms with Gasteiger partial charge in [-0.15, -0.1) is 0 Å². The highest BCUT2D eigenvalue weighted by Gasteiger charge is 2.30. The molecule has 10 heteroatoms. The van der Waals surface area contributed by atoms with Gasteiger partial charge in [-0.1, -0.05) is 12.8 Å². The first kappa shape index (κ1) is 22.5. The molecule has 1 atom stereocenters. The molecule has 2 amide bonds. The zero-order valence-electron chi connectivity index (χ0n) is 19.4. The monoisotopic (exact) mass is 464 g/mol. The van der Waals surface area contributed by atoms with E-state index in [9.17, 15) is 9.59 Å². The number of hydrogen-bond donors (Lipinski definition) is 3. The largest absolute Gasteiger partial charge is 0.356 e. The van der Waals surface area contributed by atoms with E-state index >= 15 is 0 Å². The Morgan fingerprint density at radius 3 is 2.59 bits per heavy atom. The van der Waals surface area contributed by atoms with E-state index in [0.717, 1.165) is 81.8 Å². The van der Waals surface area contributed by atoms with E-state index in [-0.39, 0.29) is 17.9 Å². The number of carbonyl (C=O) groups is 2. The summed E-state index contributed by atoms with van der Waals surface area (Å²) in [5.74, 6) is 1.91. The summed E-state index contributed by atoms with van der Waals surface area (Å²) in [5.41, 5.74) is 1.62. The third-order valence-corrected chi connectivity index (χ3v) is 6.99. The molecule has 0 radical (unpaired) electrons. The van der Waals surface area contributed by atoms with Crippen molar-refractivity contribution in [3.8, 4) is 0 Å². The second-order valence-electron chi connectivity index (χ2n) is 9.24. The van der Waals surface area contributed by atoms with Gasteiger partial charge in [0.1, 0.15) is 11.6 Å². The molecule has 4 heterocycles. The lowest BCUT2D eigenvalue weighted by Gasteiger charge is -2.28. The highest BCUT2D eigenvalue weighted by Crippen LogP contribution is 2.31. The van der Waals surface area contributed by atoms with Crippen LogP contribution in [0.5, 0.6) is 0 Å². The van der Waals surface area contributed by atoms with Gasteiger partial charge >= 0.3 is 0 Å². The van der Waals surface area contributed by atoms with Crippen molar-refractivity contribution >= 4 is 35.6 Å². The van der Waals surface area contributed by atoms with Gasteiger partial charge in [0.15, 0.2) is 0 Å². The van der Waals surface area contributed by atoms with Gasteiger partial charge in [-0.2, -0.15) is 4.98 Å². The van der Waals surface area contributed by atoms with Gasteiger partial charge in [-0.05, 0) is 37.8 Å². The smallest absolute Gasteiger partial charge is 0.229 e. The number of rotatable bonds is 8. The Morgan fingerprint density at radius 2 is 1.91 bits per heavy atom. The molecule has 2 saturated heterocycles. The lowest BCUT2D eigenvalue weighted by molar-refractivity contribution is -0.122. The van der Waals surface area contributed by atoms with Gasteiger partial charge in [0, 0.05) is 56.4 Å². The molecule has 2 aliphatic heterocycles. The molecule has 180 valence electrons. The van der Waals surface area contributed by atoms with Crippen molar-refractivity contribution in [3.63, 3.8) is 0 Å². The number of carbonyl (C=O) groups excluding carboxylic acids is 2. The molecule has 0 aromatic carbocycles. The van der Waals surface area contributed by atoms with Crippen LogP contribution in [0.15, 0.2) is 24.5 Å². The van der Waals surface area contributed by atoms with E-state index in [0.29, 0.717) is 24.7 Å². The van der Waals surface area contributed by atoms with Crippen LogP contribution in [0.1, 0.15) is 37.7 Å². The first-order chi connectivity index (χ1) is 16.7. The van der Waals surface area contributed by atoms with Gasteiger partial charge < -0.3 is 20.9 Å². The van der Waals surface area contributed by atoms with Gasteiger partial charge in [0.05, 0.1) is 11.9 Å². The highest BCUT2D eigenvalue weighted by atomic mass is 16.2. The molecule has 5 rings (SSSR count). The number of pyridine rings is 1. The summed E-state index contributed by atoms with van der Waals surface area (Å²) in [4.78, 5) is 42.2. The van der Waals surface area contributed by atoms with Gasteiger partial charge in [-0.25, -0.2) is 9.97 Å². The van der Waals surface area contributed by atoms with Crippen LogP contribution in [0.25, 0.3) is 0 Å². The Morgan fingerprint density at radius 1 is 1.09 bits per heavy atom. The predicted molar refractivity (Wildman–Crippen MR) is 130 cm³/mol. The molecule has 2 aromatic rings. The molecule has 3 aliphatic rings. The maximum atomic E-state index is 12.2. The van der Waals surface area contributed by atoms with Crippen LogP contribution in [0.3, 0.4) is 0 Å². The molecule has 0 bridgehead atoms. The quantitative estimate of drug-likeness (QED) is 0.505. The van der Waals surface area contributed by atoms with Crippen molar-refractivity contribution in [1.29, 1.82) is 0 Å². The third kappa shape index (κ3) is 4.96. The summed E-state index contributed by atoms with van der Waals surface area (Å²) in [6.07, 6.45) is 9.87. The van der Waals surface area contributed by atoms with E-state index in [1.165, 1.54) is 0 Å².